The first-order valence-electron chi connectivity index (χ1n) is 6.63. The summed E-state index contributed by atoms with van der Waals surface area (Å²) in [6.07, 6.45) is 1.55. The summed E-state index contributed by atoms with van der Waals surface area (Å²) in [5.74, 6) is 0.153. The molecule has 2 aromatic rings. The van der Waals surface area contributed by atoms with Crippen LogP contribution in [0.3, 0.4) is 0 Å². The molecule has 0 aliphatic carbocycles. The van der Waals surface area contributed by atoms with Crippen molar-refractivity contribution in [1.82, 2.24) is 15.3 Å². The molecule has 1 aromatic heterocycles. The van der Waals surface area contributed by atoms with Gasteiger partial charge in [0.05, 0.1) is 0 Å². The van der Waals surface area contributed by atoms with Gasteiger partial charge in [0.1, 0.15) is 5.69 Å². The lowest BCUT2D eigenvalue weighted by molar-refractivity contribution is 0.0938. The number of carbonyl (C=O) groups excluding carboxylic acids is 1. The Hall–Kier alpha value is -2.14. The first kappa shape index (κ1) is 15.3. The molecule has 1 amide bonds. The lowest BCUT2D eigenvalue weighted by atomic mass is 10.2. The van der Waals surface area contributed by atoms with Crippen molar-refractivity contribution in [3.63, 3.8) is 0 Å². The zero-order valence-corrected chi connectivity index (χ0v) is 12.9. The molecule has 0 saturated heterocycles. The second-order valence-electron chi connectivity index (χ2n) is 4.98. The molecule has 2 rings (SSSR count). The van der Waals surface area contributed by atoms with Crippen LogP contribution in [0.25, 0.3) is 0 Å². The van der Waals surface area contributed by atoms with Crippen molar-refractivity contribution in [2.45, 2.75) is 26.8 Å². The van der Waals surface area contributed by atoms with Gasteiger partial charge in [-0.3, -0.25) is 4.79 Å². The molecule has 0 radical (unpaired) electrons. The monoisotopic (exact) mass is 304 g/mol. The third-order valence-electron chi connectivity index (χ3n) is 2.74. The fraction of sp³-hybridized carbons (Fsp3) is 0.267. The zero-order chi connectivity index (χ0) is 15.4. The van der Waals surface area contributed by atoms with Crippen molar-refractivity contribution in [1.29, 1.82) is 0 Å². The number of benzene rings is 1. The van der Waals surface area contributed by atoms with E-state index in [0.29, 0.717) is 16.7 Å². The molecule has 0 bridgehead atoms. The number of aryl methyl sites for hydroxylation is 1. The van der Waals surface area contributed by atoms with Gasteiger partial charge in [-0.25, -0.2) is 9.97 Å². The van der Waals surface area contributed by atoms with E-state index in [1.165, 1.54) is 0 Å². The molecule has 21 heavy (non-hydrogen) atoms. The minimum atomic E-state index is -0.219. The highest BCUT2D eigenvalue weighted by molar-refractivity contribution is 6.30. The summed E-state index contributed by atoms with van der Waals surface area (Å²) in [5.41, 5.74) is 2.15. The van der Waals surface area contributed by atoms with Gasteiger partial charge in [-0.1, -0.05) is 11.6 Å². The molecule has 0 unspecified atom stereocenters. The molecule has 0 spiro atoms. The van der Waals surface area contributed by atoms with E-state index in [1.54, 1.807) is 18.3 Å². The lowest BCUT2D eigenvalue weighted by Crippen LogP contribution is -2.30. The number of amides is 1. The summed E-state index contributed by atoms with van der Waals surface area (Å²) in [7, 11) is 0. The predicted molar refractivity (Wildman–Crippen MR) is 84.1 cm³/mol. The highest BCUT2D eigenvalue weighted by atomic mass is 35.5. The Morgan fingerprint density at radius 2 is 2.05 bits per heavy atom. The van der Waals surface area contributed by atoms with Crippen molar-refractivity contribution < 1.29 is 4.79 Å². The van der Waals surface area contributed by atoms with Gasteiger partial charge < -0.3 is 10.6 Å². The van der Waals surface area contributed by atoms with Gasteiger partial charge >= 0.3 is 0 Å². The third-order valence-corrected chi connectivity index (χ3v) is 2.98. The van der Waals surface area contributed by atoms with Crippen LogP contribution in [0.1, 0.15) is 29.9 Å². The molecule has 1 heterocycles. The number of nitrogens with one attached hydrogen (secondary N) is 2. The highest BCUT2D eigenvalue weighted by Gasteiger charge is 2.10. The summed E-state index contributed by atoms with van der Waals surface area (Å²) in [6.45, 7) is 5.73. The van der Waals surface area contributed by atoms with Crippen molar-refractivity contribution in [3.8, 4) is 0 Å². The number of anilines is 2. The SMILES string of the molecule is Cc1cc(Cl)ccc1Nc1nccc(C(=O)NC(C)C)n1. The van der Waals surface area contributed by atoms with E-state index in [9.17, 15) is 4.79 Å². The number of halogens is 1. The van der Waals surface area contributed by atoms with Gasteiger partial charge in [-0.2, -0.15) is 0 Å². The Balaban J connectivity index is 2.19. The van der Waals surface area contributed by atoms with E-state index in [4.69, 9.17) is 11.6 Å². The van der Waals surface area contributed by atoms with Gasteiger partial charge in [0.2, 0.25) is 5.95 Å². The molecule has 1 aromatic carbocycles. The van der Waals surface area contributed by atoms with Crippen molar-refractivity contribution >= 4 is 29.1 Å². The van der Waals surface area contributed by atoms with E-state index in [-0.39, 0.29) is 11.9 Å². The van der Waals surface area contributed by atoms with Crippen LogP contribution in [0.4, 0.5) is 11.6 Å². The van der Waals surface area contributed by atoms with E-state index >= 15 is 0 Å². The topological polar surface area (TPSA) is 66.9 Å². The van der Waals surface area contributed by atoms with E-state index in [1.807, 2.05) is 32.9 Å². The van der Waals surface area contributed by atoms with Crippen LogP contribution in [0.2, 0.25) is 5.02 Å². The number of nitrogens with zero attached hydrogens (tertiary/aromatic N) is 2. The lowest BCUT2D eigenvalue weighted by Gasteiger charge is -2.10. The maximum absolute atomic E-state index is 11.9. The molecule has 2 N–H and O–H groups in total. The Labute approximate surface area is 128 Å². The fourth-order valence-electron chi connectivity index (χ4n) is 1.77. The first-order chi connectivity index (χ1) is 9.95. The molecule has 0 atom stereocenters. The molecule has 0 aliphatic rings. The summed E-state index contributed by atoms with van der Waals surface area (Å²) < 4.78 is 0. The minimum absolute atomic E-state index is 0.0578. The number of carbonyl (C=O) groups is 1. The number of hydrogen-bond donors (Lipinski definition) is 2. The van der Waals surface area contributed by atoms with Crippen molar-refractivity contribution in [3.05, 3.63) is 46.7 Å². The second-order valence-corrected chi connectivity index (χ2v) is 5.41. The molecule has 0 fully saturated rings. The van der Waals surface area contributed by atoms with Crippen LogP contribution in [0.15, 0.2) is 30.5 Å². The maximum atomic E-state index is 11.9. The quantitative estimate of drug-likeness (QED) is 0.909. The average molecular weight is 305 g/mol. The van der Waals surface area contributed by atoms with Crippen LogP contribution in [-0.4, -0.2) is 21.9 Å². The smallest absolute Gasteiger partial charge is 0.270 e. The normalized spacial score (nSPS) is 10.5. The number of hydrogen-bond acceptors (Lipinski definition) is 4. The van der Waals surface area contributed by atoms with Gasteiger partial charge in [0.25, 0.3) is 5.91 Å². The fourth-order valence-corrected chi connectivity index (χ4v) is 2.00. The number of rotatable bonds is 4. The van der Waals surface area contributed by atoms with Gasteiger partial charge in [0.15, 0.2) is 0 Å². The van der Waals surface area contributed by atoms with E-state index in [0.717, 1.165) is 11.3 Å². The van der Waals surface area contributed by atoms with Gasteiger partial charge in [-0.05, 0) is 50.6 Å². The Morgan fingerprint density at radius 3 is 2.71 bits per heavy atom. The molecule has 0 saturated carbocycles. The maximum Gasteiger partial charge on any atom is 0.270 e. The van der Waals surface area contributed by atoms with Gasteiger partial charge in [0, 0.05) is 22.9 Å². The van der Waals surface area contributed by atoms with Crippen LogP contribution in [-0.2, 0) is 0 Å². The summed E-state index contributed by atoms with van der Waals surface area (Å²) in [6, 6.07) is 7.12. The van der Waals surface area contributed by atoms with Crippen molar-refractivity contribution in [2.75, 3.05) is 5.32 Å². The predicted octanol–water partition coefficient (Wildman–Crippen LogP) is 3.32. The Morgan fingerprint density at radius 1 is 1.29 bits per heavy atom. The van der Waals surface area contributed by atoms with Crippen molar-refractivity contribution in [2.24, 2.45) is 0 Å². The molecule has 0 aliphatic heterocycles. The summed E-state index contributed by atoms with van der Waals surface area (Å²) in [4.78, 5) is 20.3. The first-order valence-corrected chi connectivity index (χ1v) is 7.00. The largest absolute Gasteiger partial charge is 0.349 e. The second kappa shape index (κ2) is 6.54. The molecular weight excluding hydrogens is 288 g/mol. The standard InChI is InChI=1S/C15H17ClN4O/c1-9(2)18-14(21)13-6-7-17-15(20-13)19-12-5-4-11(16)8-10(12)3/h4-9H,1-3H3,(H,18,21)(H,17,19,20). The zero-order valence-electron chi connectivity index (χ0n) is 12.1. The minimum Gasteiger partial charge on any atom is -0.349 e. The summed E-state index contributed by atoms with van der Waals surface area (Å²) in [5, 5.41) is 6.55. The Kier molecular flexibility index (Phi) is 4.75. The number of aromatic nitrogens is 2. The van der Waals surface area contributed by atoms with Gasteiger partial charge in [-0.15, -0.1) is 0 Å². The van der Waals surface area contributed by atoms with E-state index in [2.05, 4.69) is 20.6 Å². The Bertz CT molecular complexity index is 658. The van der Waals surface area contributed by atoms with Crippen LogP contribution >= 0.6 is 11.6 Å². The molecule has 6 heteroatoms. The molecular formula is C15H17ClN4O. The highest BCUT2D eigenvalue weighted by Crippen LogP contribution is 2.21. The molecule has 5 nitrogen and oxygen atoms in total. The third kappa shape index (κ3) is 4.16. The van der Waals surface area contributed by atoms with Crippen LogP contribution in [0.5, 0.6) is 0 Å². The van der Waals surface area contributed by atoms with Crippen LogP contribution in [0, 0.1) is 6.92 Å². The summed E-state index contributed by atoms with van der Waals surface area (Å²) >= 11 is 5.92. The average Bonchev–Trinajstić information content (AvgIpc) is 2.41. The van der Waals surface area contributed by atoms with Crippen LogP contribution < -0.4 is 10.6 Å². The molecule has 110 valence electrons. The van der Waals surface area contributed by atoms with E-state index < -0.39 is 0 Å².